The number of nitrogens with zero attached hydrogens (tertiary/aromatic N) is 6. The molecular weight excluding hydrogens is 476 g/mol. The van der Waals surface area contributed by atoms with Crippen molar-refractivity contribution < 1.29 is 9.21 Å². The molecule has 2 aromatic heterocycles. The fraction of sp³-hybridized carbons (Fsp3) is 0.407. The second kappa shape index (κ2) is 11.6. The average molecular weight is 509 g/mol. The number of hydrogen-bond donors (Lipinski definition) is 0. The zero-order chi connectivity index (χ0) is 25.7. The molecule has 0 N–H and O–H groups in total. The van der Waals surface area contributed by atoms with Crippen molar-refractivity contribution in [2.24, 2.45) is 0 Å². The van der Waals surface area contributed by atoms with Gasteiger partial charge in [0.15, 0.2) is 5.58 Å². The number of fused-ring (bicyclic) bond motifs is 3. The van der Waals surface area contributed by atoms with Crippen molar-refractivity contribution in [2.45, 2.75) is 52.1 Å². The fourth-order valence-corrected chi connectivity index (χ4v) is 5.05. The predicted octanol–water partition coefficient (Wildman–Crippen LogP) is 5.48. The summed E-state index contributed by atoms with van der Waals surface area (Å²) in [7, 11) is 0. The van der Waals surface area contributed by atoms with Gasteiger partial charge in [0.05, 0.1) is 29.7 Å². The van der Waals surface area contributed by atoms with Crippen LogP contribution in [-0.4, -0.2) is 62.3 Å². The minimum Gasteiger partial charge on any atom is -0.423 e. The molecule has 4 heterocycles. The highest BCUT2D eigenvalue weighted by atomic mass is 35.5. The topological polar surface area (TPSA) is 80.3 Å². The maximum absolute atomic E-state index is 13.9. The molecule has 2 aliphatic heterocycles. The Labute approximate surface area is 216 Å². The van der Waals surface area contributed by atoms with E-state index in [0.717, 1.165) is 49.0 Å². The molecule has 2 aliphatic rings. The second-order valence-corrected chi connectivity index (χ2v) is 8.64. The van der Waals surface area contributed by atoms with Gasteiger partial charge in [-0.15, -0.1) is 11.6 Å². The van der Waals surface area contributed by atoms with E-state index in [1.165, 1.54) is 11.2 Å². The number of benzene rings is 2. The van der Waals surface area contributed by atoms with E-state index in [1.54, 1.807) is 12.4 Å². The van der Waals surface area contributed by atoms with Crippen LogP contribution in [0.25, 0.3) is 16.8 Å². The van der Waals surface area contributed by atoms with Gasteiger partial charge in [0.25, 0.3) is 11.9 Å². The standard InChI is InChI=1S/C24H24N6O2.C2H6.CH3Cl/c1-16-6-9-21(30-25-11-12-26-30)19(14-16)23(31)29-17-7-8-18(29)15-28(13-10-17)24-27-20-4-2-3-5-22(20)32-24;2*1-2/h2-6,9,11-12,14,17-18H,7-8,10,13,15H2,1H3;1-2H3;1H3. The van der Waals surface area contributed by atoms with Crippen molar-refractivity contribution in [3.8, 4) is 5.69 Å². The predicted molar refractivity (Wildman–Crippen MR) is 143 cm³/mol. The molecule has 0 saturated carbocycles. The summed E-state index contributed by atoms with van der Waals surface area (Å²) in [4.78, 5) is 24.4. The van der Waals surface area contributed by atoms with Crippen molar-refractivity contribution in [2.75, 3.05) is 24.4 Å². The first kappa shape index (κ1) is 25.7. The normalized spacial score (nSPS) is 18.7. The Balaban J connectivity index is 0.000000726. The summed E-state index contributed by atoms with van der Waals surface area (Å²) in [5.74, 6) is 0.0490. The van der Waals surface area contributed by atoms with Crippen LogP contribution < -0.4 is 4.90 Å². The largest absolute Gasteiger partial charge is 0.423 e. The summed E-state index contributed by atoms with van der Waals surface area (Å²) in [5.41, 5.74) is 4.06. The number of carbonyl (C=O) groups is 1. The molecule has 6 rings (SSSR count). The summed E-state index contributed by atoms with van der Waals surface area (Å²) in [6.45, 7) is 7.54. The average Bonchev–Trinajstić information content (AvgIpc) is 3.65. The van der Waals surface area contributed by atoms with Gasteiger partial charge in [0.2, 0.25) is 0 Å². The Morgan fingerprint density at radius 1 is 1.00 bits per heavy atom. The van der Waals surface area contributed by atoms with E-state index in [9.17, 15) is 4.79 Å². The number of para-hydroxylation sites is 2. The highest BCUT2D eigenvalue weighted by molar-refractivity contribution is 6.15. The van der Waals surface area contributed by atoms with E-state index in [2.05, 4.69) is 36.6 Å². The maximum Gasteiger partial charge on any atom is 0.298 e. The van der Waals surface area contributed by atoms with E-state index in [4.69, 9.17) is 4.42 Å². The molecule has 0 aliphatic carbocycles. The molecule has 2 fully saturated rings. The number of hydrogen-bond acceptors (Lipinski definition) is 6. The molecular formula is C27H33ClN6O2. The first-order chi connectivity index (χ1) is 17.7. The van der Waals surface area contributed by atoms with E-state index in [-0.39, 0.29) is 18.0 Å². The van der Waals surface area contributed by atoms with Gasteiger partial charge >= 0.3 is 0 Å². The van der Waals surface area contributed by atoms with Crippen LogP contribution in [0.1, 0.15) is 49.0 Å². The Kier molecular flexibility index (Phi) is 8.25. The molecule has 0 radical (unpaired) electrons. The molecule has 2 unspecified atom stereocenters. The third kappa shape index (κ3) is 4.95. The van der Waals surface area contributed by atoms with E-state index < -0.39 is 0 Å². The Hall–Kier alpha value is -3.39. The van der Waals surface area contributed by atoms with Crippen molar-refractivity contribution in [3.05, 3.63) is 66.0 Å². The molecule has 190 valence electrons. The number of alkyl halides is 1. The molecule has 0 spiro atoms. The molecule has 9 heteroatoms. The molecule has 1 amide bonds. The molecule has 2 bridgehead atoms. The van der Waals surface area contributed by atoms with Gasteiger partial charge < -0.3 is 14.2 Å². The SMILES string of the molecule is CC.CCl.Cc1ccc(-n2nccn2)c(C(=O)N2C3CCC2CN(c2nc4ccccc4o2)CC3)c1. The fourth-order valence-electron chi connectivity index (χ4n) is 5.05. The lowest BCUT2D eigenvalue weighted by atomic mass is 10.1. The summed E-state index contributed by atoms with van der Waals surface area (Å²) in [6.07, 6.45) is 7.62. The molecule has 4 aromatic rings. The van der Waals surface area contributed by atoms with Gasteiger partial charge in [-0.3, -0.25) is 4.79 Å². The molecule has 2 aromatic carbocycles. The van der Waals surface area contributed by atoms with Crippen LogP contribution in [0, 0.1) is 6.92 Å². The zero-order valence-electron chi connectivity index (χ0n) is 21.3. The molecule has 2 atom stereocenters. The third-order valence-electron chi connectivity index (χ3n) is 6.59. The first-order valence-electron chi connectivity index (χ1n) is 12.5. The lowest BCUT2D eigenvalue weighted by Gasteiger charge is -2.29. The van der Waals surface area contributed by atoms with Gasteiger partial charge in [0.1, 0.15) is 5.52 Å². The van der Waals surface area contributed by atoms with Gasteiger partial charge in [0, 0.05) is 25.5 Å². The quantitative estimate of drug-likeness (QED) is 0.341. The number of rotatable bonds is 3. The molecule has 2 saturated heterocycles. The van der Waals surface area contributed by atoms with E-state index >= 15 is 0 Å². The van der Waals surface area contributed by atoms with E-state index in [0.29, 0.717) is 17.3 Å². The summed E-state index contributed by atoms with van der Waals surface area (Å²) >= 11 is 4.64. The van der Waals surface area contributed by atoms with E-state index in [1.807, 2.05) is 63.2 Å². The highest BCUT2D eigenvalue weighted by Crippen LogP contribution is 2.35. The van der Waals surface area contributed by atoms with Crippen LogP contribution in [0.4, 0.5) is 6.01 Å². The van der Waals surface area contributed by atoms with Crippen LogP contribution >= 0.6 is 11.6 Å². The van der Waals surface area contributed by atoms with Gasteiger partial charge in [-0.05, 0) is 50.5 Å². The number of anilines is 1. The van der Waals surface area contributed by atoms with Crippen LogP contribution in [0.15, 0.2) is 59.3 Å². The van der Waals surface area contributed by atoms with Crippen LogP contribution in [0.2, 0.25) is 0 Å². The maximum atomic E-state index is 13.9. The molecule has 36 heavy (non-hydrogen) atoms. The number of aromatic nitrogens is 4. The zero-order valence-corrected chi connectivity index (χ0v) is 22.0. The first-order valence-corrected chi connectivity index (χ1v) is 13.2. The smallest absolute Gasteiger partial charge is 0.298 e. The van der Waals surface area contributed by atoms with Crippen LogP contribution in [0.3, 0.4) is 0 Å². The van der Waals surface area contributed by atoms with Crippen LogP contribution in [0.5, 0.6) is 0 Å². The highest BCUT2D eigenvalue weighted by Gasteiger charge is 2.41. The summed E-state index contributed by atoms with van der Waals surface area (Å²) in [5, 5.41) is 8.51. The third-order valence-corrected chi connectivity index (χ3v) is 6.59. The van der Waals surface area contributed by atoms with Crippen molar-refractivity contribution in [3.63, 3.8) is 0 Å². The number of halogens is 1. The van der Waals surface area contributed by atoms with Gasteiger partial charge in [-0.25, -0.2) is 0 Å². The monoisotopic (exact) mass is 508 g/mol. The summed E-state index contributed by atoms with van der Waals surface area (Å²) < 4.78 is 6.03. The van der Waals surface area contributed by atoms with Gasteiger partial charge in [-0.1, -0.05) is 37.6 Å². The Morgan fingerprint density at radius 2 is 1.72 bits per heavy atom. The Bertz CT molecular complexity index is 1260. The minimum atomic E-state index is 0.0490. The second-order valence-electron chi connectivity index (χ2n) is 8.64. The van der Waals surface area contributed by atoms with Crippen molar-refractivity contribution in [1.29, 1.82) is 0 Å². The van der Waals surface area contributed by atoms with Gasteiger partial charge in [-0.2, -0.15) is 20.0 Å². The summed E-state index contributed by atoms with van der Waals surface area (Å²) in [6, 6.07) is 14.6. The van der Waals surface area contributed by atoms with Crippen LogP contribution in [-0.2, 0) is 0 Å². The Morgan fingerprint density at radius 3 is 2.47 bits per heavy atom. The number of oxazole rings is 1. The lowest BCUT2D eigenvalue weighted by Crippen LogP contribution is -2.43. The number of amides is 1. The lowest BCUT2D eigenvalue weighted by molar-refractivity contribution is 0.0681. The number of aryl methyl sites for hydroxylation is 1. The van der Waals surface area contributed by atoms with Crippen molar-refractivity contribution in [1.82, 2.24) is 24.9 Å². The molecule has 8 nitrogen and oxygen atoms in total. The number of carbonyl (C=O) groups excluding carboxylic acids is 1. The van der Waals surface area contributed by atoms with Crippen molar-refractivity contribution >= 4 is 34.6 Å². The minimum absolute atomic E-state index is 0.0490.